The number of benzene rings is 2. The monoisotopic (exact) mass is 357 g/mol. The van der Waals surface area contributed by atoms with Crippen LogP contribution in [0, 0.1) is 0 Å². The van der Waals surface area contributed by atoms with Crippen molar-refractivity contribution in [2.45, 2.75) is 6.42 Å². The number of rotatable bonds is 5. The van der Waals surface area contributed by atoms with Crippen molar-refractivity contribution in [3.63, 3.8) is 0 Å². The molecular weight excluding hydrogens is 338 g/mol. The van der Waals surface area contributed by atoms with Gasteiger partial charge in [-0.3, -0.25) is 9.59 Å². The summed E-state index contributed by atoms with van der Waals surface area (Å²) in [5.41, 5.74) is 3.29. The normalized spacial score (nSPS) is 11.4. The average Bonchev–Trinajstić information content (AvgIpc) is 3.09. The Kier molecular flexibility index (Phi) is 4.58. The van der Waals surface area contributed by atoms with Gasteiger partial charge in [0, 0.05) is 40.8 Å². The third kappa shape index (κ3) is 3.67. The summed E-state index contributed by atoms with van der Waals surface area (Å²) in [6.45, 7) is 0.527. The molecule has 0 aliphatic rings. The SMILES string of the molecule is O=C(/C=C/c1cc2ccccc2[nH]c1=O)NCCc1c[nH]c2ccccc12. The predicted octanol–water partition coefficient (Wildman–Crippen LogP) is 3.38. The molecule has 0 atom stereocenters. The van der Waals surface area contributed by atoms with Crippen LogP contribution in [-0.2, 0) is 11.2 Å². The Morgan fingerprint density at radius 1 is 1.04 bits per heavy atom. The lowest BCUT2D eigenvalue weighted by Gasteiger charge is -2.02. The van der Waals surface area contributed by atoms with Gasteiger partial charge in [0.15, 0.2) is 0 Å². The van der Waals surface area contributed by atoms with Gasteiger partial charge >= 0.3 is 0 Å². The first-order valence-corrected chi connectivity index (χ1v) is 8.84. The van der Waals surface area contributed by atoms with E-state index in [9.17, 15) is 9.59 Å². The van der Waals surface area contributed by atoms with E-state index < -0.39 is 0 Å². The number of aromatic amines is 2. The van der Waals surface area contributed by atoms with Crippen molar-refractivity contribution >= 4 is 33.8 Å². The number of nitrogens with one attached hydrogen (secondary N) is 3. The van der Waals surface area contributed by atoms with E-state index in [1.807, 2.05) is 48.7 Å². The minimum Gasteiger partial charge on any atom is -0.361 e. The summed E-state index contributed by atoms with van der Waals surface area (Å²) >= 11 is 0. The number of H-pyrrole nitrogens is 2. The summed E-state index contributed by atoms with van der Waals surface area (Å²) in [4.78, 5) is 30.2. The van der Waals surface area contributed by atoms with Gasteiger partial charge in [-0.1, -0.05) is 36.4 Å². The molecule has 0 saturated heterocycles. The number of amides is 1. The van der Waals surface area contributed by atoms with Crippen LogP contribution in [0.15, 0.2) is 71.7 Å². The number of para-hydroxylation sites is 2. The molecule has 1 amide bonds. The van der Waals surface area contributed by atoms with E-state index in [0.717, 1.165) is 22.8 Å². The molecule has 0 aliphatic carbocycles. The van der Waals surface area contributed by atoms with Crippen LogP contribution >= 0.6 is 0 Å². The lowest BCUT2D eigenvalue weighted by molar-refractivity contribution is -0.116. The molecule has 5 heteroatoms. The first-order valence-electron chi connectivity index (χ1n) is 8.84. The number of carbonyl (C=O) groups excluding carboxylic acids is 1. The van der Waals surface area contributed by atoms with Crippen LogP contribution in [-0.4, -0.2) is 22.4 Å². The Morgan fingerprint density at radius 3 is 2.70 bits per heavy atom. The van der Waals surface area contributed by atoms with Crippen LogP contribution in [0.5, 0.6) is 0 Å². The van der Waals surface area contributed by atoms with E-state index in [1.165, 1.54) is 17.0 Å². The van der Waals surface area contributed by atoms with Gasteiger partial charge < -0.3 is 15.3 Å². The summed E-state index contributed by atoms with van der Waals surface area (Å²) in [5, 5.41) is 4.96. The maximum Gasteiger partial charge on any atom is 0.255 e. The molecule has 0 fully saturated rings. The highest BCUT2D eigenvalue weighted by Crippen LogP contribution is 2.17. The number of hydrogen-bond donors (Lipinski definition) is 3. The smallest absolute Gasteiger partial charge is 0.255 e. The topological polar surface area (TPSA) is 77.8 Å². The largest absolute Gasteiger partial charge is 0.361 e. The second kappa shape index (κ2) is 7.33. The van der Waals surface area contributed by atoms with Crippen LogP contribution in [0.3, 0.4) is 0 Å². The van der Waals surface area contributed by atoms with Gasteiger partial charge in [0.25, 0.3) is 5.56 Å². The fourth-order valence-electron chi connectivity index (χ4n) is 3.17. The molecule has 0 radical (unpaired) electrons. The van der Waals surface area contributed by atoms with E-state index in [1.54, 1.807) is 12.1 Å². The molecule has 134 valence electrons. The molecular formula is C22H19N3O2. The number of hydrogen-bond acceptors (Lipinski definition) is 2. The highest BCUT2D eigenvalue weighted by atomic mass is 16.1. The Bertz CT molecular complexity index is 1200. The molecule has 3 N–H and O–H groups in total. The quantitative estimate of drug-likeness (QED) is 0.479. The van der Waals surface area contributed by atoms with Crippen molar-refractivity contribution in [1.82, 2.24) is 15.3 Å². The van der Waals surface area contributed by atoms with Crippen molar-refractivity contribution in [1.29, 1.82) is 0 Å². The van der Waals surface area contributed by atoms with Gasteiger partial charge in [-0.2, -0.15) is 0 Å². The van der Waals surface area contributed by atoms with Gasteiger partial charge in [-0.25, -0.2) is 0 Å². The van der Waals surface area contributed by atoms with E-state index in [0.29, 0.717) is 12.1 Å². The second-order valence-corrected chi connectivity index (χ2v) is 6.37. The highest BCUT2D eigenvalue weighted by Gasteiger charge is 2.04. The molecule has 2 aromatic carbocycles. The molecule has 0 saturated carbocycles. The number of aromatic nitrogens is 2. The average molecular weight is 357 g/mol. The molecule has 27 heavy (non-hydrogen) atoms. The predicted molar refractivity (Wildman–Crippen MR) is 109 cm³/mol. The summed E-state index contributed by atoms with van der Waals surface area (Å²) in [7, 11) is 0. The lowest BCUT2D eigenvalue weighted by Crippen LogP contribution is -2.23. The molecule has 2 aromatic heterocycles. The van der Waals surface area contributed by atoms with Crippen molar-refractivity contribution < 1.29 is 4.79 Å². The molecule has 0 unspecified atom stereocenters. The number of pyridine rings is 1. The maximum absolute atomic E-state index is 12.1. The van der Waals surface area contributed by atoms with Crippen LogP contribution in [0.4, 0.5) is 0 Å². The first-order chi connectivity index (χ1) is 13.2. The first kappa shape index (κ1) is 16.8. The van der Waals surface area contributed by atoms with Gasteiger partial charge in [0.05, 0.1) is 0 Å². The minimum absolute atomic E-state index is 0.212. The Morgan fingerprint density at radius 2 is 1.81 bits per heavy atom. The van der Waals surface area contributed by atoms with Crippen molar-refractivity contribution in [2.24, 2.45) is 0 Å². The zero-order chi connectivity index (χ0) is 18.6. The lowest BCUT2D eigenvalue weighted by atomic mass is 10.1. The molecule has 2 heterocycles. The second-order valence-electron chi connectivity index (χ2n) is 6.37. The fraction of sp³-hybridized carbons (Fsp3) is 0.0909. The Hall–Kier alpha value is -3.60. The van der Waals surface area contributed by atoms with Crippen LogP contribution in [0.1, 0.15) is 11.1 Å². The van der Waals surface area contributed by atoms with E-state index in [2.05, 4.69) is 21.4 Å². The molecule has 0 aliphatic heterocycles. The summed E-state index contributed by atoms with van der Waals surface area (Å²) in [6, 6.07) is 17.4. The van der Waals surface area contributed by atoms with E-state index >= 15 is 0 Å². The van der Waals surface area contributed by atoms with Crippen molar-refractivity contribution in [3.05, 3.63) is 88.4 Å². The standard InChI is InChI=1S/C22H19N3O2/c26-21(23-12-11-17-14-24-20-8-4-2-6-18(17)20)10-9-16-13-15-5-1-3-7-19(15)25-22(16)27/h1-10,13-14,24H,11-12H2,(H,23,26)(H,25,27)/b10-9+. The number of fused-ring (bicyclic) bond motifs is 2. The van der Waals surface area contributed by atoms with Crippen LogP contribution < -0.4 is 10.9 Å². The van der Waals surface area contributed by atoms with Crippen molar-refractivity contribution in [3.8, 4) is 0 Å². The summed E-state index contributed by atoms with van der Waals surface area (Å²) < 4.78 is 0. The highest BCUT2D eigenvalue weighted by molar-refractivity contribution is 5.92. The van der Waals surface area contributed by atoms with Crippen LogP contribution in [0.2, 0.25) is 0 Å². The molecule has 4 rings (SSSR count). The van der Waals surface area contributed by atoms with Gasteiger partial charge in [0.2, 0.25) is 5.91 Å². The summed E-state index contributed by atoms with van der Waals surface area (Å²) in [6.07, 6.45) is 5.66. The van der Waals surface area contributed by atoms with Crippen molar-refractivity contribution in [2.75, 3.05) is 6.54 Å². The number of carbonyl (C=O) groups is 1. The van der Waals surface area contributed by atoms with Gasteiger partial charge in [-0.15, -0.1) is 0 Å². The molecule has 4 aromatic rings. The fourth-order valence-corrected chi connectivity index (χ4v) is 3.17. The Labute approximate surface area is 155 Å². The zero-order valence-electron chi connectivity index (χ0n) is 14.7. The third-order valence-corrected chi connectivity index (χ3v) is 4.56. The third-order valence-electron chi connectivity index (χ3n) is 4.56. The molecule has 0 spiro atoms. The Balaban J connectivity index is 1.39. The van der Waals surface area contributed by atoms with Gasteiger partial charge in [0.1, 0.15) is 0 Å². The summed E-state index contributed by atoms with van der Waals surface area (Å²) in [5.74, 6) is -0.220. The molecule has 5 nitrogen and oxygen atoms in total. The van der Waals surface area contributed by atoms with E-state index in [-0.39, 0.29) is 11.5 Å². The minimum atomic E-state index is -0.220. The molecule has 0 bridgehead atoms. The maximum atomic E-state index is 12.1. The zero-order valence-corrected chi connectivity index (χ0v) is 14.7. The van der Waals surface area contributed by atoms with E-state index in [4.69, 9.17) is 0 Å². The van der Waals surface area contributed by atoms with Gasteiger partial charge in [-0.05, 0) is 41.6 Å². The van der Waals surface area contributed by atoms with Crippen LogP contribution in [0.25, 0.3) is 27.9 Å².